The van der Waals surface area contributed by atoms with E-state index in [-0.39, 0.29) is 34.7 Å². The minimum absolute atomic E-state index is 0.0298. The van der Waals surface area contributed by atoms with Crippen LogP contribution in [0.2, 0.25) is 5.02 Å². The van der Waals surface area contributed by atoms with Gasteiger partial charge < -0.3 is 13.9 Å². The lowest BCUT2D eigenvalue weighted by Crippen LogP contribution is -2.17. The summed E-state index contributed by atoms with van der Waals surface area (Å²) in [5, 5.41) is 0.691. The number of methoxy groups -OCH3 is 1. The van der Waals surface area contributed by atoms with Gasteiger partial charge in [-0.05, 0) is 42.5 Å². The second kappa shape index (κ2) is 8.43. The van der Waals surface area contributed by atoms with E-state index in [1.54, 1.807) is 55.6 Å². The topological polar surface area (TPSA) is 65.7 Å². The molecule has 4 rings (SSSR count). The lowest BCUT2D eigenvalue weighted by Gasteiger charge is -2.12. The lowest BCUT2D eigenvalue weighted by molar-refractivity contribution is 0.0920. The first kappa shape index (κ1) is 19.7. The van der Waals surface area contributed by atoms with Crippen molar-refractivity contribution in [3.8, 4) is 22.8 Å². The van der Waals surface area contributed by atoms with E-state index in [0.29, 0.717) is 27.5 Å². The average molecular weight is 421 g/mol. The largest absolute Gasteiger partial charge is 0.497 e. The van der Waals surface area contributed by atoms with Gasteiger partial charge in [-0.25, -0.2) is 0 Å². The van der Waals surface area contributed by atoms with Crippen molar-refractivity contribution in [3.63, 3.8) is 0 Å². The van der Waals surface area contributed by atoms with Crippen LogP contribution in [0.25, 0.3) is 22.3 Å². The Kier molecular flexibility index (Phi) is 5.55. The van der Waals surface area contributed by atoms with Gasteiger partial charge in [-0.2, -0.15) is 0 Å². The number of Topliss-reactive ketones (excluding diaryl/α,β-unsaturated/α-hetero) is 1. The van der Waals surface area contributed by atoms with Crippen molar-refractivity contribution >= 4 is 28.4 Å². The van der Waals surface area contributed by atoms with Crippen molar-refractivity contribution in [3.05, 3.63) is 93.6 Å². The first-order chi connectivity index (χ1) is 14.6. The predicted octanol–water partition coefficient (Wildman–Crippen LogP) is 5.38. The first-order valence-corrected chi connectivity index (χ1v) is 9.56. The highest BCUT2D eigenvalue weighted by Crippen LogP contribution is 2.31. The summed E-state index contributed by atoms with van der Waals surface area (Å²) in [6.07, 6.45) is 0. The molecule has 0 radical (unpaired) electrons. The molecule has 0 aliphatic heterocycles. The van der Waals surface area contributed by atoms with E-state index >= 15 is 0 Å². The fourth-order valence-electron chi connectivity index (χ4n) is 3.06. The fraction of sp³-hybridized carbons (Fsp3) is 0.0833. The van der Waals surface area contributed by atoms with E-state index in [4.69, 9.17) is 25.5 Å². The summed E-state index contributed by atoms with van der Waals surface area (Å²) in [6.45, 7) is -0.316. The zero-order valence-corrected chi connectivity index (χ0v) is 16.8. The monoisotopic (exact) mass is 420 g/mol. The van der Waals surface area contributed by atoms with Crippen LogP contribution in [-0.2, 0) is 0 Å². The van der Waals surface area contributed by atoms with Gasteiger partial charge in [-0.1, -0.05) is 41.9 Å². The van der Waals surface area contributed by atoms with Crippen molar-refractivity contribution in [1.29, 1.82) is 0 Å². The number of ketones is 1. The maximum absolute atomic E-state index is 13.1. The van der Waals surface area contributed by atoms with E-state index in [0.717, 1.165) is 0 Å². The van der Waals surface area contributed by atoms with Gasteiger partial charge in [0.05, 0.1) is 12.5 Å². The highest BCUT2D eigenvalue weighted by atomic mass is 35.5. The molecule has 0 unspecified atom stereocenters. The van der Waals surface area contributed by atoms with Crippen molar-refractivity contribution in [2.24, 2.45) is 0 Å². The summed E-state index contributed by atoms with van der Waals surface area (Å²) in [4.78, 5) is 25.7. The zero-order chi connectivity index (χ0) is 21.1. The van der Waals surface area contributed by atoms with Gasteiger partial charge in [0.1, 0.15) is 11.3 Å². The number of carbonyl (C=O) groups is 1. The highest BCUT2D eigenvalue weighted by molar-refractivity contribution is 6.31. The molecular formula is C24H17ClO5. The van der Waals surface area contributed by atoms with Gasteiger partial charge in [-0.3, -0.25) is 9.59 Å². The second-order valence-electron chi connectivity index (χ2n) is 6.54. The number of rotatable bonds is 6. The quantitative estimate of drug-likeness (QED) is 0.391. The second-order valence-corrected chi connectivity index (χ2v) is 6.97. The Bertz CT molecular complexity index is 1260. The number of halogens is 1. The standard InChI is InChI=1S/C24H17ClO5/c1-28-18-10-7-15(8-11-18)20(26)14-29-24-22(27)19-13-17(25)9-12-21(19)30-23(24)16-5-3-2-4-6-16/h2-13H,14H2,1H3. The molecule has 0 fully saturated rings. The van der Waals surface area contributed by atoms with Crippen molar-refractivity contribution in [1.82, 2.24) is 0 Å². The van der Waals surface area contributed by atoms with E-state index in [2.05, 4.69) is 0 Å². The molecule has 30 heavy (non-hydrogen) atoms. The molecule has 0 amide bonds. The average Bonchev–Trinajstić information content (AvgIpc) is 2.79. The molecule has 0 bridgehead atoms. The van der Waals surface area contributed by atoms with E-state index < -0.39 is 0 Å². The van der Waals surface area contributed by atoms with Gasteiger partial charge in [0, 0.05) is 16.1 Å². The predicted molar refractivity (Wildman–Crippen MR) is 116 cm³/mol. The molecule has 6 heteroatoms. The molecule has 3 aromatic carbocycles. The number of fused-ring (bicyclic) bond motifs is 1. The maximum Gasteiger partial charge on any atom is 0.235 e. The molecule has 0 aliphatic rings. The molecule has 5 nitrogen and oxygen atoms in total. The van der Waals surface area contributed by atoms with Crippen LogP contribution in [0.1, 0.15) is 10.4 Å². The van der Waals surface area contributed by atoms with Crippen LogP contribution in [0.5, 0.6) is 11.5 Å². The van der Waals surface area contributed by atoms with Crippen LogP contribution in [0.3, 0.4) is 0 Å². The van der Waals surface area contributed by atoms with Crippen LogP contribution in [-0.4, -0.2) is 19.5 Å². The van der Waals surface area contributed by atoms with Crippen LogP contribution in [0.4, 0.5) is 0 Å². The Morgan fingerprint density at radius 1 is 1.00 bits per heavy atom. The molecule has 0 spiro atoms. The Morgan fingerprint density at radius 3 is 2.43 bits per heavy atom. The summed E-state index contributed by atoms with van der Waals surface area (Å²) in [7, 11) is 1.55. The van der Waals surface area contributed by atoms with E-state index in [1.165, 1.54) is 6.07 Å². The van der Waals surface area contributed by atoms with Gasteiger partial charge in [0.15, 0.2) is 18.2 Å². The van der Waals surface area contributed by atoms with Gasteiger partial charge in [0.2, 0.25) is 11.2 Å². The molecule has 1 aromatic heterocycles. The minimum atomic E-state index is -0.389. The van der Waals surface area contributed by atoms with Crippen molar-refractivity contribution < 1.29 is 18.7 Å². The first-order valence-electron chi connectivity index (χ1n) is 9.18. The molecule has 0 saturated heterocycles. The third kappa shape index (κ3) is 3.93. The highest BCUT2D eigenvalue weighted by Gasteiger charge is 2.19. The zero-order valence-electron chi connectivity index (χ0n) is 16.1. The minimum Gasteiger partial charge on any atom is -0.497 e. The Balaban J connectivity index is 1.73. The molecule has 1 heterocycles. The summed E-state index contributed by atoms with van der Waals surface area (Å²) in [5.41, 5.74) is 1.11. The van der Waals surface area contributed by atoms with Gasteiger partial charge in [0.25, 0.3) is 0 Å². The van der Waals surface area contributed by atoms with Crippen LogP contribution in [0, 0.1) is 0 Å². The molecule has 0 N–H and O–H groups in total. The molecule has 0 saturated carbocycles. The van der Waals surface area contributed by atoms with Gasteiger partial charge >= 0.3 is 0 Å². The Hall–Kier alpha value is -3.57. The molecule has 0 atom stereocenters. The van der Waals surface area contributed by atoms with Crippen LogP contribution >= 0.6 is 11.6 Å². The fourth-order valence-corrected chi connectivity index (χ4v) is 3.23. The Labute approximate surface area is 177 Å². The number of ether oxygens (including phenoxy) is 2. The molecule has 150 valence electrons. The number of carbonyl (C=O) groups excluding carboxylic acids is 1. The van der Waals surface area contributed by atoms with Crippen LogP contribution < -0.4 is 14.9 Å². The third-order valence-corrected chi connectivity index (χ3v) is 4.84. The van der Waals surface area contributed by atoms with Crippen molar-refractivity contribution in [2.45, 2.75) is 0 Å². The smallest absolute Gasteiger partial charge is 0.235 e. The van der Waals surface area contributed by atoms with E-state index in [9.17, 15) is 9.59 Å². The van der Waals surface area contributed by atoms with E-state index in [1.807, 2.05) is 18.2 Å². The van der Waals surface area contributed by atoms with Crippen molar-refractivity contribution in [2.75, 3.05) is 13.7 Å². The summed E-state index contributed by atoms with van der Waals surface area (Å²) in [6, 6.07) is 20.6. The molecular weight excluding hydrogens is 404 g/mol. The normalized spacial score (nSPS) is 10.7. The van der Waals surface area contributed by atoms with Crippen LogP contribution in [0.15, 0.2) is 82.0 Å². The lowest BCUT2D eigenvalue weighted by atomic mass is 10.1. The Morgan fingerprint density at radius 2 is 1.73 bits per heavy atom. The number of hydrogen-bond acceptors (Lipinski definition) is 5. The van der Waals surface area contributed by atoms with Gasteiger partial charge in [-0.15, -0.1) is 0 Å². The summed E-state index contributed by atoms with van der Waals surface area (Å²) < 4.78 is 16.8. The number of benzene rings is 3. The summed E-state index contributed by atoms with van der Waals surface area (Å²) in [5.74, 6) is 0.601. The summed E-state index contributed by atoms with van der Waals surface area (Å²) >= 11 is 6.05. The maximum atomic E-state index is 13.1. The SMILES string of the molecule is COc1ccc(C(=O)COc2c(-c3ccccc3)oc3ccc(Cl)cc3c2=O)cc1. The molecule has 4 aromatic rings. The third-order valence-electron chi connectivity index (χ3n) is 4.61. The molecule has 0 aliphatic carbocycles. The number of hydrogen-bond donors (Lipinski definition) is 0.